The van der Waals surface area contributed by atoms with Crippen molar-refractivity contribution in [3.05, 3.63) is 29.5 Å². The zero-order valence-electron chi connectivity index (χ0n) is 11.6. The molecule has 2 rings (SSSR count). The fourth-order valence-electron chi connectivity index (χ4n) is 2.13. The summed E-state index contributed by atoms with van der Waals surface area (Å²) in [5, 5.41) is 11.5. The van der Waals surface area contributed by atoms with Crippen LogP contribution in [0.1, 0.15) is 31.9 Å². The largest absolute Gasteiger partial charge is 0.550 e. The maximum absolute atomic E-state index is 10.8. The first-order valence-electron chi connectivity index (χ1n) is 6.11. The average molecular weight is 261 g/mol. The second-order valence-corrected chi connectivity index (χ2v) is 5.61. The van der Waals surface area contributed by atoms with Gasteiger partial charge in [-0.25, -0.2) is 0 Å². The number of carboxylic acid groups (broad SMARTS) is 1. The number of carbonyl (C=O) groups is 1. The maximum atomic E-state index is 10.8. The van der Waals surface area contributed by atoms with Crippen molar-refractivity contribution in [2.75, 3.05) is 7.11 Å². The summed E-state index contributed by atoms with van der Waals surface area (Å²) >= 11 is 0. The van der Waals surface area contributed by atoms with Crippen LogP contribution in [0.5, 0.6) is 5.75 Å². The van der Waals surface area contributed by atoms with Crippen LogP contribution >= 0.6 is 0 Å². The Morgan fingerprint density at radius 3 is 2.58 bits per heavy atom. The molecule has 1 heterocycles. The van der Waals surface area contributed by atoms with Gasteiger partial charge >= 0.3 is 0 Å². The molecule has 0 atom stereocenters. The van der Waals surface area contributed by atoms with Gasteiger partial charge in [0.2, 0.25) is 0 Å². The smallest absolute Gasteiger partial charge is 0.138 e. The van der Waals surface area contributed by atoms with Crippen LogP contribution in [0.25, 0.3) is 11.0 Å². The first-order valence-corrected chi connectivity index (χ1v) is 6.11. The van der Waals surface area contributed by atoms with Gasteiger partial charge in [-0.1, -0.05) is 20.8 Å². The second kappa shape index (κ2) is 4.61. The highest BCUT2D eigenvalue weighted by Gasteiger charge is 2.22. The van der Waals surface area contributed by atoms with E-state index in [1.54, 1.807) is 13.2 Å². The van der Waals surface area contributed by atoms with Gasteiger partial charge in [-0.3, -0.25) is 0 Å². The highest BCUT2D eigenvalue weighted by Crippen LogP contribution is 2.36. The lowest BCUT2D eigenvalue weighted by Gasteiger charge is -2.20. The van der Waals surface area contributed by atoms with E-state index in [-0.39, 0.29) is 11.8 Å². The normalized spacial score (nSPS) is 11.8. The average Bonchev–Trinajstić information content (AvgIpc) is 2.69. The Kier molecular flexibility index (Phi) is 3.27. The molecule has 0 unspecified atom stereocenters. The molecular formula is C15H17O4-. The molecule has 0 amide bonds. The van der Waals surface area contributed by atoms with Crippen LogP contribution in [0.15, 0.2) is 22.8 Å². The van der Waals surface area contributed by atoms with Gasteiger partial charge in [-0.15, -0.1) is 0 Å². The molecule has 2 aromatic rings. The molecule has 0 fully saturated rings. The molecule has 4 heteroatoms. The van der Waals surface area contributed by atoms with E-state index in [9.17, 15) is 9.90 Å². The number of ether oxygens (including phenoxy) is 1. The minimum Gasteiger partial charge on any atom is -0.550 e. The number of carboxylic acids is 1. The molecule has 0 radical (unpaired) electrons. The monoisotopic (exact) mass is 261 g/mol. The summed E-state index contributed by atoms with van der Waals surface area (Å²) in [5.74, 6) is -0.429. The summed E-state index contributed by atoms with van der Waals surface area (Å²) in [6, 6.07) is 3.72. The fraction of sp³-hybridized carbons (Fsp3) is 0.400. The Morgan fingerprint density at radius 2 is 2.05 bits per heavy atom. The summed E-state index contributed by atoms with van der Waals surface area (Å²) in [6.45, 7) is 6.21. The molecule has 0 aliphatic rings. The SMILES string of the molecule is COc1cc(C(C)(C)C)c2occ(CC(=O)[O-])c2c1. The van der Waals surface area contributed by atoms with Crippen LogP contribution in [0.2, 0.25) is 0 Å². The van der Waals surface area contributed by atoms with Crippen LogP contribution in [0.4, 0.5) is 0 Å². The van der Waals surface area contributed by atoms with E-state index >= 15 is 0 Å². The molecule has 102 valence electrons. The van der Waals surface area contributed by atoms with E-state index in [0.29, 0.717) is 16.9 Å². The van der Waals surface area contributed by atoms with Gasteiger partial charge in [0, 0.05) is 28.9 Å². The number of fused-ring (bicyclic) bond motifs is 1. The third-order valence-electron chi connectivity index (χ3n) is 3.11. The van der Waals surface area contributed by atoms with Gasteiger partial charge in [-0.05, 0) is 17.5 Å². The molecular weight excluding hydrogens is 244 g/mol. The van der Waals surface area contributed by atoms with Crippen molar-refractivity contribution in [2.45, 2.75) is 32.6 Å². The topological polar surface area (TPSA) is 62.5 Å². The molecule has 0 bridgehead atoms. The van der Waals surface area contributed by atoms with Crippen molar-refractivity contribution < 1.29 is 19.1 Å². The van der Waals surface area contributed by atoms with E-state index in [0.717, 1.165) is 10.9 Å². The van der Waals surface area contributed by atoms with Crippen LogP contribution in [0, 0.1) is 0 Å². The van der Waals surface area contributed by atoms with Gasteiger partial charge in [0.15, 0.2) is 0 Å². The molecule has 1 aromatic heterocycles. The summed E-state index contributed by atoms with van der Waals surface area (Å²) in [5.41, 5.74) is 2.19. The molecule has 0 N–H and O–H groups in total. The second-order valence-electron chi connectivity index (χ2n) is 5.61. The highest BCUT2D eigenvalue weighted by atomic mass is 16.5. The van der Waals surface area contributed by atoms with Gasteiger partial charge in [0.25, 0.3) is 0 Å². The van der Waals surface area contributed by atoms with Crippen molar-refractivity contribution in [3.8, 4) is 5.75 Å². The maximum Gasteiger partial charge on any atom is 0.138 e. The quantitative estimate of drug-likeness (QED) is 0.848. The van der Waals surface area contributed by atoms with E-state index in [1.807, 2.05) is 6.07 Å². The minimum atomic E-state index is -1.12. The number of hydrogen-bond acceptors (Lipinski definition) is 4. The van der Waals surface area contributed by atoms with Crippen LogP contribution in [-0.4, -0.2) is 13.1 Å². The lowest BCUT2D eigenvalue weighted by atomic mass is 9.85. The molecule has 0 saturated carbocycles. The van der Waals surface area contributed by atoms with Crippen molar-refractivity contribution in [1.29, 1.82) is 0 Å². The fourth-order valence-corrected chi connectivity index (χ4v) is 2.13. The summed E-state index contributed by atoms with van der Waals surface area (Å²) in [6.07, 6.45) is 1.32. The molecule has 0 spiro atoms. The number of methoxy groups -OCH3 is 1. The first kappa shape index (κ1) is 13.5. The van der Waals surface area contributed by atoms with Gasteiger partial charge in [-0.2, -0.15) is 0 Å². The molecule has 1 aromatic carbocycles. The van der Waals surface area contributed by atoms with Crippen molar-refractivity contribution in [3.63, 3.8) is 0 Å². The van der Waals surface area contributed by atoms with E-state index in [1.165, 1.54) is 6.26 Å². The molecule has 19 heavy (non-hydrogen) atoms. The standard InChI is InChI=1S/C15H18O4/c1-15(2,3)12-7-10(18-4)6-11-9(5-13(16)17)8-19-14(11)12/h6-8H,5H2,1-4H3,(H,16,17)/p-1. The van der Waals surface area contributed by atoms with Crippen LogP contribution in [-0.2, 0) is 16.6 Å². The van der Waals surface area contributed by atoms with Crippen LogP contribution < -0.4 is 9.84 Å². The Labute approximate surface area is 112 Å². The first-order chi connectivity index (χ1) is 8.82. The van der Waals surface area contributed by atoms with Crippen molar-refractivity contribution in [2.24, 2.45) is 0 Å². The summed E-state index contributed by atoms with van der Waals surface area (Å²) in [4.78, 5) is 10.8. The zero-order valence-corrected chi connectivity index (χ0v) is 11.6. The van der Waals surface area contributed by atoms with Gasteiger partial charge in [0.1, 0.15) is 11.3 Å². The molecule has 0 saturated heterocycles. The third-order valence-corrected chi connectivity index (χ3v) is 3.11. The van der Waals surface area contributed by atoms with Crippen molar-refractivity contribution in [1.82, 2.24) is 0 Å². The predicted octanol–water partition coefficient (Wildman–Crippen LogP) is 2.03. The lowest BCUT2D eigenvalue weighted by molar-refractivity contribution is -0.304. The Balaban J connectivity index is 2.70. The Morgan fingerprint density at radius 1 is 1.37 bits per heavy atom. The summed E-state index contributed by atoms with van der Waals surface area (Å²) in [7, 11) is 1.59. The summed E-state index contributed by atoms with van der Waals surface area (Å²) < 4.78 is 10.8. The number of carbonyl (C=O) groups excluding carboxylic acids is 1. The molecule has 0 aliphatic carbocycles. The lowest BCUT2D eigenvalue weighted by Crippen LogP contribution is -2.24. The van der Waals surface area contributed by atoms with Crippen LogP contribution in [0.3, 0.4) is 0 Å². The third kappa shape index (κ3) is 2.57. The van der Waals surface area contributed by atoms with E-state index in [4.69, 9.17) is 9.15 Å². The molecule has 4 nitrogen and oxygen atoms in total. The Bertz CT molecular complexity index is 617. The number of furan rings is 1. The molecule has 0 aliphatic heterocycles. The van der Waals surface area contributed by atoms with Gasteiger partial charge in [0.05, 0.1) is 13.4 Å². The minimum absolute atomic E-state index is 0.122. The van der Waals surface area contributed by atoms with Crippen molar-refractivity contribution >= 4 is 16.9 Å². The van der Waals surface area contributed by atoms with Gasteiger partial charge < -0.3 is 19.1 Å². The Hall–Kier alpha value is -1.97. The predicted molar refractivity (Wildman–Crippen MR) is 70.2 cm³/mol. The number of hydrogen-bond donors (Lipinski definition) is 0. The number of aliphatic carboxylic acids is 1. The van der Waals surface area contributed by atoms with E-state index in [2.05, 4.69) is 20.8 Å². The highest BCUT2D eigenvalue weighted by molar-refractivity contribution is 5.89. The zero-order chi connectivity index (χ0) is 14.2. The number of rotatable bonds is 3. The number of benzene rings is 1. The van der Waals surface area contributed by atoms with E-state index < -0.39 is 5.97 Å².